The van der Waals surface area contributed by atoms with Gasteiger partial charge in [0.05, 0.1) is 26.3 Å². The summed E-state index contributed by atoms with van der Waals surface area (Å²) in [5, 5.41) is 15.2. The van der Waals surface area contributed by atoms with Crippen molar-refractivity contribution in [2.45, 2.75) is 33.4 Å². The van der Waals surface area contributed by atoms with Gasteiger partial charge in [-0.25, -0.2) is 4.99 Å². The molecule has 0 unspecified atom stereocenters. The van der Waals surface area contributed by atoms with Gasteiger partial charge in [0, 0.05) is 26.7 Å². The number of guanidine groups is 1. The van der Waals surface area contributed by atoms with Crippen molar-refractivity contribution in [3.63, 3.8) is 0 Å². The smallest absolute Gasteiger partial charge is 0.191 e. The van der Waals surface area contributed by atoms with Crippen LogP contribution in [-0.2, 0) is 24.9 Å². The SMILES string of the molecule is Cc1ccc(CN=C(NCCCN2CCOCC2)NCc2nnc(C)n2C)cc1.I. The van der Waals surface area contributed by atoms with Crippen molar-refractivity contribution in [3.05, 3.63) is 47.0 Å². The first-order valence-electron chi connectivity index (χ1n) is 10.3. The summed E-state index contributed by atoms with van der Waals surface area (Å²) in [7, 11) is 1.98. The van der Waals surface area contributed by atoms with E-state index in [0.717, 1.165) is 63.4 Å². The van der Waals surface area contributed by atoms with Crippen LogP contribution in [0.4, 0.5) is 0 Å². The quantitative estimate of drug-likeness (QED) is 0.237. The number of hydrogen-bond acceptors (Lipinski definition) is 5. The number of nitrogens with zero attached hydrogens (tertiary/aromatic N) is 5. The maximum Gasteiger partial charge on any atom is 0.191 e. The Bertz CT molecular complexity index is 785. The molecule has 0 saturated carbocycles. The van der Waals surface area contributed by atoms with E-state index < -0.39 is 0 Å². The Morgan fingerprint density at radius 2 is 1.83 bits per heavy atom. The zero-order valence-corrected chi connectivity index (χ0v) is 20.6. The van der Waals surface area contributed by atoms with Crippen molar-refractivity contribution in [3.8, 4) is 0 Å². The fourth-order valence-corrected chi connectivity index (χ4v) is 3.14. The number of benzene rings is 1. The number of aromatic nitrogens is 3. The highest BCUT2D eigenvalue weighted by Crippen LogP contribution is 2.04. The Hall–Kier alpha value is -1.72. The molecule has 2 N–H and O–H groups in total. The first kappa shape index (κ1) is 24.5. The highest BCUT2D eigenvalue weighted by atomic mass is 127. The van der Waals surface area contributed by atoms with Crippen LogP contribution in [0.15, 0.2) is 29.3 Å². The van der Waals surface area contributed by atoms with Crippen LogP contribution in [0.2, 0.25) is 0 Å². The molecule has 0 spiro atoms. The molecule has 166 valence electrons. The van der Waals surface area contributed by atoms with Crippen molar-refractivity contribution in [1.29, 1.82) is 0 Å². The molecule has 0 atom stereocenters. The van der Waals surface area contributed by atoms with Gasteiger partial charge in [-0.2, -0.15) is 0 Å². The van der Waals surface area contributed by atoms with Gasteiger partial charge >= 0.3 is 0 Å². The molecule has 30 heavy (non-hydrogen) atoms. The molecule has 0 radical (unpaired) electrons. The maximum absolute atomic E-state index is 5.41. The molecular formula is C21H34IN7O. The maximum atomic E-state index is 5.41. The number of ether oxygens (including phenoxy) is 1. The molecule has 0 aliphatic carbocycles. The van der Waals surface area contributed by atoms with Crippen LogP contribution in [-0.4, -0.2) is 65.0 Å². The van der Waals surface area contributed by atoms with Crippen molar-refractivity contribution >= 4 is 29.9 Å². The summed E-state index contributed by atoms with van der Waals surface area (Å²) in [6.45, 7) is 10.9. The Morgan fingerprint density at radius 1 is 1.10 bits per heavy atom. The number of rotatable bonds is 8. The third kappa shape index (κ3) is 7.84. The average Bonchev–Trinajstić information content (AvgIpc) is 3.06. The highest BCUT2D eigenvalue weighted by Gasteiger charge is 2.10. The lowest BCUT2D eigenvalue weighted by atomic mass is 10.1. The van der Waals surface area contributed by atoms with Crippen LogP contribution < -0.4 is 10.6 Å². The van der Waals surface area contributed by atoms with Crippen molar-refractivity contribution < 1.29 is 4.74 Å². The topological polar surface area (TPSA) is 79.6 Å². The summed E-state index contributed by atoms with van der Waals surface area (Å²) in [6, 6.07) is 8.49. The molecule has 1 saturated heterocycles. The van der Waals surface area contributed by atoms with Crippen LogP contribution in [0.1, 0.15) is 29.2 Å². The first-order valence-corrected chi connectivity index (χ1v) is 10.3. The fraction of sp³-hybridized carbons (Fsp3) is 0.571. The van der Waals surface area contributed by atoms with E-state index in [1.807, 2.05) is 18.5 Å². The van der Waals surface area contributed by atoms with Crippen LogP contribution in [0.5, 0.6) is 0 Å². The summed E-state index contributed by atoms with van der Waals surface area (Å²) in [6.07, 6.45) is 1.06. The number of halogens is 1. The minimum atomic E-state index is 0. The summed E-state index contributed by atoms with van der Waals surface area (Å²) in [5.74, 6) is 2.59. The summed E-state index contributed by atoms with van der Waals surface area (Å²) >= 11 is 0. The van der Waals surface area contributed by atoms with Gasteiger partial charge in [-0.15, -0.1) is 34.2 Å². The Kier molecular flexibility index (Phi) is 10.5. The minimum absolute atomic E-state index is 0. The highest BCUT2D eigenvalue weighted by molar-refractivity contribution is 14.0. The van der Waals surface area contributed by atoms with Gasteiger partial charge < -0.3 is 19.9 Å². The second-order valence-corrected chi connectivity index (χ2v) is 7.46. The van der Waals surface area contributed by atoms with Crippen LogP contribution in [0, 0.1) is 13.8 Å². The molecule has 1 aliphatic rings. The molecule has 1 aromatic carbocycles. The van der Waals surface area contributed by atoms with Gasteiger partial charge in [-0.1, -0.05) is 29.8 Å². The van der Waals surface area contributed by atoms with Gasteiger partial charge in [0.25, 0.3) is 0 Å². The predicted molar refractivity (Wildman–Crippen MR) is 130 cm³/mol. The van der Waals surface area contributed by atoms with Crippen molar-refractivity contribution in [2.24, 2.45) is 12.0 Å². The van der Waals surface area contributed by atoms with Gasteiger partial charge in [0.2, 0.25) is 0 Å². The van der Waals surface area contributed by atoms with Gasteiger partial charge in [0.1, 0.15) is 5.82 Å². The molecule has 8 nitrogen and oxygen atoms in total. The van der Waals surface area contributed by atoms with Crippen molar-refractivity contribution in [2.75, 3.05) is 39.4 Å². The second kappa shape index (κ2) is 12.9. The monoisotopic (exact) mass is 527 g/mol. The largest absolute Gasteiger partial charge is 0.379 e. The van der Waals surface area contributed by atoms with Crippen molar-refractivity contribution in [1.82, 2.24) is 30.3 Å². The summed E-state index contributed by atoms with van der Waals surface area (Å²) in [5.41, 5.74) is 2.45. The molecule has 2 aromatic rings. The number of aliphatic imine (C=N–C) groups is 1. The van der Waals surface area contributed by atoms with E-state index >= 15 is 0 Å². The standard InChI is InChI=1S/C21H33N7O.HI/c1-17-5-7-19(8-6-17)15-23-21(24-16-20-26-25-18(2)27(20)3)22-9-4-10-28-11-13-29-14-12-28;/h5-8H,4,9-16H2,1-3H3,(H2,22,23,24);1H. The predicted octanol–water partition coefficient (Wildman–Crippen LogP) is 2.01. The first-order chi connectivity index (χ1) is 14.1. The lowest BCUT2D eigenvalue weighted by Crippen LogP contribution is -2.40. The lowest BCUT2D eigenvalue weighted by molar-refractivity contribution is 0.0376. The zero-order chi connectivity index (χ0) is 20.5. The molecule has 0 bridgehead atoms. The van der Waals surface area contributed by atoms with E-state index in [1.165, 1.54) is 11.1 Å². The summed E-state index contributed by atoms with van der Waals surface area (Å²) < 4.78 is 7.40. The molecule has 9 heteroatoms. The normalized spacial score (nSPS) is 15.0. The van der Waals surface area contributed by atoms with Gasteiger partial charge in [0.15, 0.2) is 11.8 Å². The molecule has 3 rings (SSSR count). The Balaban J connectivity index is 0.00000320. The molecule has 0 amide bonds. The van der Waals surface area contributed by atoms with E-state index in [9.17, 15) is 0 Å². The van der Waals surface area contributed by atoms with E-state index in [1.54, 1.807) is 0 Å². The van der Waals surface area contributed by atoms with Gasteiger partial charge in [-0.3, -0.25) is 4.90 Å². The second-order valence-electron chi connectivity index (χ2n) is 7.46. The fourth-order valence-electron chi connectivity index (χ4n) is 3.14. The van der Waals surface area contributed by atoms with E-state index in [4.69, 9.17) is 9.73 Å². The number of aryl methyl sites for hydroxylation is 2. The Morgan fingerprint density at radius 3 is 2.50 bits per heavy atom. The van der Waals surface area contributed by atoms with Crippen LogP contribution in [0.3, 0.4) is 0 Å². The van der Waals surface area contributed by atoms with E-state index in [0.29, 0.717) is 13.1 Å². The number of nitrogens with one attached hydrogen (secondary N) is 2. The minimum Gasteiger partial charge on any atom is -0.379 e. The molecule has 2 heterocycles. The van der Waals surface area contributed by atoms with E-state index in [2.05, 4.69) is 56.9 Å². The van der Waals surface area contributed by atoms with Gasteiger partial charge in [-0.05, 0) is 32.4 Å². The van der Waals surface area contributed by atoms with Crippen LogP contribution >= 0.6 is 24.0 Å². The third-order valence-electron chi connectivity index (χ3n) is 5.18. The lowest BCUT2D eigenvalue weighted by Gasteiger charge is -2.26. The molecule has 1 aliphatic heterocycles. The third-order valence-corrected chi connectivity index (χ3v) is 5.18. The molecule has 1 fully saturated rings. The number of hydrogen-bond donors (Lipinski definition) is 2. The van der Waals surface area contributed by atoms with Crippen LogP contribution in [0.25, 0.3) is 0 Å². The average molecular weight is 527 g/mol. The molecule has 1 aromatic heterocycles. The summed E-state index contributed by atoms with van der Waals surface area (Å²) in [4.78, 5) is 7.21. The zero-order valence-electron chi connectivity index (χ0n) is 18.2. The number of morpholine rings is 1. The molecular weight excluding hydrogens is 493 g/mol. The Labute approximate surface area is 196 Å². The van der Waals surface area contributed by atoms with E-state index in [-0.39, 0.29) is 24.0 Å².